The van der Waals surface area contributed by atoms with Crippen LogP contribution in [0.1, 0.15) is 20.8 Å². The van der Waals surface area contributed by atoms with E-state index in [1.54, 1.807) is 30.3 Å². The fourth-order valence-corrected chi connectivity index (χ4v) is 2.64. The summed E-state index contributed by atoms with van der Waals surface area (Å²) in [6.07, 6.45) is 0. The number of fused-ring (bicyclic) bond motifs is 1. The summed E-state index contributed by atoms with van der Waals surface area (Å²) in [5.74, 6) is -0.309. The number of carbonyl (C=O) groups excluding carboxylic acids is 3. The zero-order valence-corrected chi connectivity index (χ0v) is 16.1. The number of amides is 3. The Bertz CT molecular complexity index is 904. The molecule has 7 nitrogen and oxygen atoms in total. The predicted molar refractivity (Wildman–Crippen MR) is 107 cm³/mol. The molecule has 7 heteroatoms. The predicted octanol–water partition coefficient (Wildman–Crippen LogP) is 3.04. The molecule has 0 aromatic heterocycles. The number of hydrogen-bond donors (Lipinski definition) is 2. The molecule has 1 heterocycles. The van der Waals surface area contributed by atoms with E-state index < -0.39 is 5.41 Å². The lowest BCUT2D eigenvalue weighted by Gasteiger charge is -2.29. The van der Waals surface area contributed by atoms with Gasteiger partial charge in [0.2, 0.25) is 11.8 Å². The number of para-hydroxylation sites is 1. The lowest BCUT2D eigenvalue weighted by Crippen LogP contribution is -2.43. The summed E-state index contributed by atoms with van der Waals surface area (Å²) in [6.45, 7) is 5.15. The van der Waals surface area contributed by atoms with Crippen molar-refractivity contribution in [3.63, 3.8) is 0 Å². The summed E-state index contributed by atoms with van der Waals surface area (Å²) < 4.78 is 5.46. The van der Waals surface area contributed by atoms with Gasteiger partial charge in [-0.25, -0.2) is 0 Å². The molecule has 0 spiro atoms. The van der Waals surface area contributed by atoms with E-state index in [1.807, 2.05) is 39.0 Å². The Kier molecular flexibility index (Phi) is 5.35. The van der Waals surface area contributed by atoms with E-state index in [1.165, 1.54) is 4.90 Å². The third-order valence-corrected chi connectivity index (χ3v) is 4.20. The van der Waals surface area contributed by atoms with Gasteiger partial charge in [-0.15, -0.1) is 0 Å². The molecule has 0 bridgehead atoms. The molecule has 1 aliphatic rings. The Balaban J connectivity index is 1.80. The average Bonchev–Trinajstić information content (AvgIpc) is 2.64. The highest BCUT2D eigenvalue weighted by Gasteiger charge is 2.28. The Hall–Kier alpha value is -3.35. The van der Waals surface area contributed by atoms with E-state index in [4.69, 9.17) is 4.74 Å². The third-order valence-electron chi connectivity index (χ3n) is 4.20. The van der Waals surface area contributed by atoms with E-state index >= 15 is 0 Å². The van der Waals surface area contributed by atoms with Gasteiger partial charge in [0.05, 0.1) is 5.69 Å². The second kappa shape index (κ2) is 7.72. The number of anilines is 3. The number of carbonyl (C=O) groups is 3. The van der Waals surface area contributed by atoms with Gasteiger partial charge in [-0.05, 0) is 30.3 Å². The second-order valence-corrected chi connectivity index (χ2v) is 7.57. The zero-order chi connectivity index (χ0) is 20.3. The summed E-state index contributed by atoms with van der Waals surface area (Å²) >= 11 is 0. The van der Waals surface area contributed by atoms with Gasteiger partial charge in [0.15, 0.2) is 6.61 Å². The molecule has 2 N–H and O–H groups in total. The van der Waals surface area contributed by atoms with Gasteiger partial charge in [0.1, 0.15) is 12.3 Å². The Labute approximate surface area is 163 Å². The van der Waals surface area contributed by atoms with E-state index in [2.05, 4.69) is 10.6 Å². The first-order valence-electron chi connectivity index (χ1n) is 8.97. The molecule has 2 aromatic rings. The van der Waals surface area contributed by atoms with Crippen LogP contribution in [-0.4, -0.2) is 30.9 Å². The van der Waals surface area contributed by atoms with Crippen molar-refractivity contribution in [3.05, 3.63) is 48.5 Å². The van der Waals surface area contributed by atoms with Gasteiger partial charge in [-0.2, -0.15) is 0 Å². The molecular formula is C21H23N3O4. The molecular weight excluding hydrogens is 358 g/mol. The fourth-order valence-electron chi connectivity index (χ4n) is 2.64. The van der Waals surface area contributed by atoms with E-state index in [9.17, 15) is 14.4 Å². The Morgan fingerprint density at radius 2 is 1.75 bits per heavy atom. The van der Waals surface area contributed by atoms with Crippen molar-refractivity contribution in [2.75, 3.05) is 28.7 Å². The van der Waals surface area contributed by atoms with Crippen molar-refractivity contribution in [1.82, 2.24) is 0 Å². The zero-order valence-electron chi connectivity index (χ0n) is 16.1. The molecule has 28 heavy (non-hydrogen) atoms. The van der Waals surface area contributed by atoms with Crippen LogP contribution in [0.2, 0.25) is 0 Å². The largest absolute Gasteiger partial charge is 0.482 e. The average molecular weight is 381 g/mol. The standard InChI is InChI=1S/C21H23N3O4/c1-21(2,3)20(27)23-15-9-10-17-16(11-15)24(19(26)13-28-17)12-18(25)22-14-7-5-4-6-8-14/h4-11H,12-13H2,1-3H3,(H,22,25)(H,23,27). The van der Waals surface area contributed by atoms with Crippen molar-refractivity contribution in [3.8, 4) is 5.75 Å². The number of benzene rings is 2. The van der Waals surface area contributed by atoms with Crippen molar-refractivity contribution in [2.24, 2.45) is 5.41 Å². The van der Waals surface area contributed by atoms with Crippen molar-refractivity contribution in [1.29, 1.82) is 0 Å². The van der Waals surface area contributed by atoms with Gasteiger partial charge < -0.3 is 15.4 Å². The van der Waals surface area contributed by atoms with E-state index in [0.717, 1.165) is 0 Å². The summed E-state index contributed by atoms with van der Waals surface area (Å²) in [5.41, 5.74) is 1.08. The maximum Gasteiger partial charge on any atom is 0.265 e. The topological polar surface area (TPSA) is 87.7 Å². The normalized spacial score (nSPS) is 13.4. The van der Waals surface area contributed by atoms with Crippen LogP contribution in [0.25, 0.3) is 0 Å². The number of ether oxygens (including phenoxy) is 1. The van der Waals surface area contributed by atoms with Crippen molar-refractivity contribution in [2.45, 2.75) is 20.8 Å². The summed E-state index contributed by atoms with van der Waals surface area (Å²) in [7, 11) is 0. The molecule has 0 unspecified atom stereocenters. The minimum absolute atomic E-state index is 0.140. The van der Waals surface area contributed by atoms with Crippen LogP contribution < -0.4 is 20.3 Å². The van der Waals surface area contributed by atoms with Gasteiger partial charge >= 0.3 is 0 Å². The SMILES string of the molecule is CC(C)(C)C(=O)Nc1ccc2c(c1)N(CC(=O)Nc1ccccc1)C(=O)CO2. The number of rotatable bonds is 4. The first kappa shape index (κ1) is 19.4. The highest BCUT2D eigenvalue weighted by atomic mass is 16.5. The molecule has 146 valence electrons. The smallest absolute Gasteiger partial charge is 0.265 e. The van der Waals surface area contributed by atoms with Gasteiger partial charge in [-0.1, -0.05) is 39.0 Å². The van der Waals surface area contributed by atoms with Gasteiger partial charge in [0.25, 0.3) is 5.91 Å². The van der Waals surface area contributed by atoms with Gasteiger partial charge in [0, 0.05) is 16.8 Å². The quantitative estimate of drug-likeness (QED) is 0.852. The molecule has 1 aliphatic heterocycles. The lowest BCUT2D eigenvalue weighted by atomic mass is 9.95. The fraction of sp³-hybridized carbons (Fsp3) is 0.286. The summed E-state index contributed by atoms with van der Waals surface area (Å²) in [4.78, 5) is 38.4. The molecule has 0 saturated heterocycles. The number of nitrogens with zero attached hydrogens (tertiary/aromatic N) is 1. The third kappa shape index (κ3) is 4.49. The number of hydrogen-bond acceptors (Lipinski definition) is 4. The molecule has 0 atom stereocenters. The maximum absolute atomic E-state index is 12.4. The first-order valence-corrected chi connectivity index (χ1v) is 8.97. The van der Waals surface area contributed by atoms with E-state index in [-0.39, 0.29) is 30.9 Å². The van der Waals surface area contributed by atoms with Crippen LogP contribution in [0.3, 0.4) is 0 Å². The van der Waals surface area contributed by atoms with Crippen LogP contribution in [0.4, 0.5) is 17.1 Å². The molecule has 0 saturated carbocycles. The summed E-state index contributed by atoms with van der Waals surface area (Å²) in [6, 6.07) is 14.1. The van der Waals surface area contributed by atoms with Crippen LogP contribution >= 0.6 is 0 Å². The number of nitrogens with one attached hydrogen (secondary N) is 2. The molecule has 3 rings (SSSR count). The molecule has 3 amide bonds. The van der Waals surface area contributed by atoms with Crippen LogP contribution in [0.5, 0.6) is 5.75 Å². The molecule has 0 fully saturated rings. The van der Waals surface area contributed by atoms with E-state index in [0.29, 0.717) is 22.8 Å². The minimum Gasteiger partial charge on any atom is -0.482 e. The Morgan fingerprint density at radius 3 is 2.43 bits per heavy atom. The minimum atomic E-state index is -0.558. The maximum atomic E-state index is 12.4. The summed E-state index contributed by atoms with van der Waals surface area (Å²) in [5, 5.41) is 5.59. The van der Waals surface area contributed by atoms with Crippen molar-refractivity contribution < 1.29 is 19.1 Å². The van der Waals surface area contributed by atoms with Crippen LogP contribution in [0, 0.1) is 5.41 Å². The van der Waals surface area contributed by atoms with Crippen LogP contribution in [-0.2, 0) is 14.4 Å². The highest BCUT2D eigenvalue weighted by molar-refractivity contribution is 6.05. The molecule has 0 radical (unpaired) electrons. The van der Waals surface area contributed by atoms with Crippen LogP contribution in [0.15, 0.2) is 48.5 Å². The monoisotopic (exact) mass is 381 g/mol. The molecule has 2 aromatic carbocycles. The van der Waals surface area contributed by atoms with Gasteiger partial charge in [-0.3, -0.25) is 19.3 Å². The highest BCUT2D eigenvalue weighted by Crippen LogP contribution is 2.35. The first-order chi connectivity index (χ1) is 13.2. The Morgan fingerprint density at radius 1 is 1.04 bits per heavy atom. The lowest BCUT2D eigenvalue weighted by molar-refractivity contribution is -0.123. The second-order valence-electron chi connectivity index (χ2n) is 7.57. The van der Waals surface area contributed by atoms with Crippen molar-refractivity contribution >= 4 is 34.8 Å². The molecule has 0 aliphatic carbocycles.